The van der Waals surface area contributed by atoms with Gasteiger partial charge in [0, 0.05) is 12.5 Å². The fourth-order valence-corrected chi connectivity index (χ4v) is 2.98. The second-order valence-electron chi connectivity index (χ2n) is 7.20. The van der Waals surface area contributed by atoms with E-state index < -0.39 is 55.8 Å². The SMILES string of the molecule is CC1NC(=O)NC1CCCCCC(=O)N(CC(=O)NCC(=O)O)CC(=O)[15NH][13CH2][13C](=O)O. The fourth-order valence-electron chi connectivity index (χ4n) is 2.98. The molecule has 0 aromatic heterocycles. The van der Waals surface area contributed by atoms with Crippen molar-refractivity contribution in [2.45, 2.75) is 51.1 Å². The van der Waals surface area contributed by atoms with Crippen LogP contribution in [0.1, 0.15) is 39.0 Å². The van der Waals surface area contributed by atoms with E-state index in [4.69, 9.17) is 10.2 Å². The number of unbranched alkanes of at least 4 members (excludes halogenated alkanes) is 2. The molecule has 5 amide bonds. The molecule has 174 valence electrons. The molecule has 0 spiro atoms. The molecule has 2 atom stereocenters. The van der Waals surface area contributed by atoms with Gasteiger partial charge in [-0.15, -0.1) is 0 Å². The largest absolute Gasteiger partial charge is 0.480 e. The number of carbonyl (C=O) groups is 6. The highest BCUT2D eigenvalue weighted by Crippen LogP contribution is 2.12. The van der Waals surface area contributed by atoms with Crippen LogP contribution in [0.4, 0.5) is 4.79 Å². The lowest BCUT2D eigenvalue weighted by atomic mass is 10.0. The average Bonchev–Trinajstić information content (AvgIpc) is 3.00. The van der Waals surface area contributed by atoms with Gasteiger partial charge in [0.15, 0.2) is 0 Å². The Bertz CT molecular complexity index is 666. The zero-order valence-electron chi connectivity index (χ0n) is 17.3. The number of carboxylic acid groups (broad SMARTS) is 2. The summed E-state index contributed by atoms with van der Waals surface area (Å²) in [6, 6.07) is -0.153. The number of rotatable bonds is 14. The maximum Gasteiger partial charge on any atom is 0.322 e. The minimum absolute atomic E-state index is 0.0237. The van der Waals surface area contributed by atoms with Crippen molar-refractivity contribution in [2.75, 3.05) is 26.2 Å². The van der Waals surface area contributed by atoms with Crippen molar-refractivity contribution in [2.24, 2.45) is 0 Å². The summed E-state index contributed by atoms with van der Waals surface area (Å²) in [6.45, 7) is -0.406. The number of hydrogen-bond acceptors (Lipinski definition) is 6. The third-order valence-corrected chi connectivity index (χ3v) is 4.58. The Labute approximate surface area is 178 Å². The van der Waals surface area contributed by atoms with Crippen molar-refractivity contribution in [1.82, 2.24) is 26.2 Å². The van der Waals surface area contributed by atoms with Gasteiger partial charge in [-0.1, -0.05) is 12.8 Å². The summed E-state index contributed by atoms with van der Waals surface area (Å²) in [5.41, 5.74) is 0. The Morgan fingerprint density at radius 2 is 1.45 bits per heavy atom. The molecular formula is C18H29N5O8. The number of nitrogens with one attached hydrogen (secondary N) is 4. The van der Waals surface area contributed by atoms with Crippen LogP contribution in [0.3, 0.4) is 0 Å². The van der Waals surface area contributed by atoms with Gasteiger partial charge in [-0.3, -0.25) is 24.0 Å². The summed E-state index contributed by atoms with van der Waals surface area (Å²) in [4.78, 5) is 69.5. The van der Waals surface area contributed by atoms with Gasteiger partial charge in [0.2, 0.25) is 17.7 Å². The highest BCUT2D eigenvalue weighted by atomic mass is 16.5. The number of aliphatic carboxylic acids is 2. The predicted molar refractivity (Wildman–Crippen MR) is 106 cm³/mol. The van der Waals surface area contributed by atoms with E-state index in [1.165, 1.54) is 0 Å². The van der Waals surface area contributed by atoms with Crippen LogP contribution in [-0.2, 0) is 24.0 Å². The second-order valence-corrected chi connectivity index (χ2v) is 7.20. The number of carbonyl (C=O) groups excluding carboxylic acids is 4. The Morgan fingerprint density at radius 1 is 0.903 bits per heavy atom. The highest BCUT2D eigenvalue weighted by molar-refractivity contribution is 5.90. The van der Waals surface area contributed by atoms with Crippen molar-refractivity contribution in [3.05, 3.63) is 0 Å². The van der Waals surface area contributed by atoms with Gasteiger partial charge in [0.05, 0.1) is 6.04 Å². The van der Waals surface area contributed by atoms with Crippen LogP contribution < -0.4 is 21.3 Å². The van der Waals surface area contributed by atoms with Crippen molar-refractivity contribution in [3.63, 3.8) is 0 Å². The van der Waals surface area contributed by atoms with Crippen molar-refractivity contribution in [1.29, 1.82) is 0 Å². The van der Waals surface area contributed by atoms with E-state index in [1.807, 2.05) is 6.92 Å². The summed E-state index contributed by atoms with van der Waals surface area (Å²) in [6.07, 6.45) is 2.75. The van der Waals surface area contributed by atoms with E-state index >= 15 is 0 Å². The monoisotopic (exact) mass is 446 g/mol. The zero-order chi connectivity index (χ0) is 23.4. The molecule has 1 fully saturated rings. The maximum absolute atomic E-state index is 12.5. The number of urea groups is 1. The first-order valence-corrected chi connectivity index (χ1v) is 9.90. The van der Waals surface area contributed by atoms with E-state index in [1.54, 1.807) is 0 Å². The van der Waals surface area contributed by atoms with E-state index in [0.29, 0.717) is 12.8 Å². The lowest BCUT2D eigenvalue weighted by molar-refractivity contribution is -0.141. The number of nitrogens with zero attached hydrogens (tertiary/aromatic N) is 1. The average molecular weight is 446 g/mol. The quantitative estimate of drug-likeness (QED) is 0.102. The van der Waals surface area contributed by atoms with Crippen molar-refractivity contribution in [3.8, 4) is 0 Å². The molecule has 0 saturated carbocycles. The molecular weight excluding hydrogens is 417 g/mol. The van der Waals surface area contributed by atoms with E-state index in [-0.39, 0.29) is 24.5 Å². The number of hydrogen-bond donors (Lipinski definition) is 6. The van der Waals surface area contributed by atoms with Crippen LogP contribution in [0.5, 0.6) is 0 Å². The molecule has 1 aliphatic heterocycles. The molecule has 1 saturated heterocycles. The summed E-state index contributed by atoms with van der Waals surface area (Å²) in [5, 5.41) is 27.0. The standard InChI is InChI=1S/C18H29N5O8/c1-11-12(22-18(31)21-11)5-3-2-4-6-15(26)23(9-13(24)19-7-16(27)28)10-14(25)20-8-17(29)30/h11-12H,2-10H2,1H3,(H,19,24)(H,20,25)(H,27,28)(H,29,30)(H2,21,22,31)/i7+1,16+1,19+1. The minimum Gasteiger partial charge on any atom is -0.480 e. The first kappa shape index (κ1) is 25.7. The molecule has 2 unspecified atom stereocenters. The van der Waals surface area contributed by atoms with E-state index in [0.717, 1.165) is 17.7 Å². The van der Waals surface area contributed by atoms with Crippen LogP contribution >= 0.6 is 0 Å². The van der Waals surface area contributed by atoms with Gasteiger partial charge in [0.25, 0.3) is 0 Å². The van der Waals surface area contributed by atoms with Crippen LogP contribution in [0, 0.1) is 0 Å². The Morgan fingerprint density at radius 3 is 1.90 bits per heavy atom. The van der Waals surface area contributed by atoms with Crippen molar-refractivity contribution >= 4 is 35.7 Å². The molecule has 31 heavy (non-hydrogen) atoms. The maximum atomic E-state index is 12.5. The minimum atomic E-state index is -1.26. The summed E-state index contributed by atoms with van der Waals surface area (Å²) in [7, 11) is 0. The highest BCUT2D eigenvalue weighted by Gasteiger charge is 2.27. The lowest BCUT2D eigenvalue weighted by Gasteiger charge is -2.21. The molecule has 0 aliphatic carbocycles. The van der Waals surface area contributed by atoms with Gasteiger partial charge in [-0.25, -0.2) is 4.79 Å². The Kier molecular flexibility index (Phi) is 10.8. The number of amides is 5. The third kappa shape index (κ3) is 10.8. The molecule has 0 aromatic carbocycles. The molecule has 13 nitrogen and oxygen atoms in total. The summed E-state index contributed by atoms with van der Waals surface area (Å²) < 4.78 is 0. The smallest absolute Gasteiger partial charge is 0.322 e. The predicted octanol–water partition coefficient (Wildman–Crippen LogP) is -1.76. The van der Waals surface area contributed by atoms with Gasteiger partial charge in [-0.05, 0) is 19.8 Å². The van der Waals surface area contributed by atoms with Gasteiger partial charge in [0.1, 0.15) is 26.2 Å². The molecule has 0 bridgehead atoms. The lowest BCUT2D eigenvalue weighted by Crippen LogP contribution is -2.47. The van der Waals surface area contributed by atoms with Gasteiger partial charge < -0.3 is 36.4 Å². The first-order chi connectivity index (χ1) is 14.6. The second kappa shape index (κ2) is 13.0. The van der Waals surface area contributed by atoms with Crippen LogP contribution in [0.2, 0.25) is 0 Å². The third-order valence-electron chi connectivity index (χ3n) is 4.58. The van der Waals surface area contributed by atoms with Crippen LogP contribution in [0.15, 0.2) is 0 Å². The topological polar surface area (TPSA) is 194 Å². The van der Waals surface area contributed by atoms with E-state index in [2.05, 4.69) is 21.3 Å². The van der Waals surface area contributed by atoms with Crippen molar-refractivity contribution < 1.29 is 39.0 Å². The molecule has 0 radical (unpaired) electrons. The molecule has 6 N–H and O–H groups in total. The summed E-state index contributed by atoms with van der Waals surface area (Å²) >= 11 is 0. The Balaban J connectivity index is 2.47. The van der Waals surface area contributed by atoms with Gasteiger partial charge in [-0.2, -0.15) is 0 Å². The fraction of sp³-hybridized carbons (Fsp3) is 0.667. The summed E-state index contributed by atoms with van der Waals surface area (Å²) in [5.74, 6) is -4.50. The Hall–Kier alpha value is -3.38. The first-order valence-electron chi connectivity index (χ1n) is 9.90. The molecule has 13 heteroatoms. The van der Waals surface area contributed by atoms with Gasteiger partial charge >= 0.3 is 18.0 Å². The molecule has 1 aliphatic rings. The normalized spacial score (nSPS) is 17.3. The van der Waals surface area contributed by atoms with Crippen LogP contribution in [-0.4, -0.2) is 89.1 Å². The molecule has 1 heterocycles. The van der Waals surface area contributed by atoms with E-state index in [9.17, 15) is 28.8 Å². The zero-order valence-corrected chi connectivity index (χ0v) is 17.3. The molecule has 1 rings (SSSR count). The molecule has 0 aromatic rings. The van der Waals surface area contributed by atoms with Crippen LogP contribution in [0.25, 0.3) is 0 Å². The number of carboxylic acids is 2.